The first-order valence-corrected chi connectivity index (χ1v) is 16.7. The van der Waals surface area contributed by atoms with Crippen LogP contribution in [0.2, 0.25) is 20.1 Å². The van der Waals surface area contributed by atoms with Crippen LogP contribution in [0.5, 0.6) is 0 Å². The van der Waals surface area contributed by atoms with Crippen LogP contribution in [0.15, 0.2) is 36.4 Å². The molecule has 5 rings (SSSR count). The molecule has 3 heterocycles. The highest BCUT2D eigenvalue weighted by atomic mass is 35.5. The number of carbonyl (C=O) groups excluding carboxylic acids is 2. The van der Waals surface area contributed by atoms with Gasteiger partial charge in [0, 0.05) is 33.2 Å². The molecule has 0 radical (unpaired) electrons. The lowest BCUT2D eigenvalue weighted by Crippen LogP contribution is -2.64. The highest BCUT2D eigenvalue weighted by molar-refractivity contribution is 6.42. The largest absolute Gasteiger partial charge is 0.367 e. The highest BCUT2D eigenvalue weighted by Gasteiger charge is 2.47. The Morgan fingerprint density at radius 3 is 2.27 bits per heavy atom. The van der Waals surface area contributed by atoms with E-state index in [1.165, 1.54) is 6.42 Å². The van der Waals surface area contributed by atoms with Crippen LogP contribution < -0.4 is 5.32 Å². The SMILES string of the molecule is CNC(=O)C1(N2CCCCC2)CCN(CCC2(c3ccc(Cl)c(Cl)c3)CN(C(=O)Cc3cccc(Cl)c3Cl)CCO2)CC1.Cl.Cl. The second kappa shape index (κ2) is 16.9. The second-order valence-corrected chi connectivity index (χ2v) is 13.5. The molecule has 3 fully saturated rings. The molecule has 250 valence electrons. The van der Waals surface area contributed by atoms with Crippen molar-refractivity contribution in [1.82, 2.24) is 20.0 Å². The van der Waals surface area contributed by atoms with Gasteiger partial charge in [-0.1, -0.05) is 71.0 Å². The molecule has 0 spiro atoms. The minimum Gasteiger partial charge on any atom is -0.367 e. The molecule has 13 heteroatoms. The Balaban J connectivity index is 0.00000276. The summed E-state index contributed by atoms with van der Waals surface area (Å²) in [6.45, 7) is 5.60. The maximum Gasteiger partial charge on any atom is 0.240 e. The Morgan fingerprint density at radius 2 is 1.60 bits per heavy atom. The van der Waals surface area contributed by atoms with Crippen LogP contribution >= 0.6 is 71.2 Å². The zero-order valence-corrected chi connectivity index (χ0v) is 30.1. The van der Waals surface area contributed by atoms with E-state index >= 15 is 0 Å². The van der Waals surface area contributed by atoms with Crippen molar-refractivity contribution in [1.29, 1.82) is 0 Å². The summed E-state index contributed by atoms with van der Waals surface area (Å²) < 4.78 is 6.56. The van der Waals surface area contributed by atoms with Crippen molar-refractivity contribution in [3.05, 3.63) is 67.6 Å². The fourth-order valence-corrected chi connectivity index (χ4v) is 7.62. The van der Waals surface area contributed by atoms with Crippen LogP contribution in [-0.2, 0) is 26.3 Å². The third-order valence-electron chi connectivity index (χ3n) is 9.48. The minimum absolute atomic E-state index is 0. The third kappa shape index (κ3) is 8.54. The Morgan fingerprint density at radius 1 is 0.889 bits per heavy atom. The maximum atomic E-state index is 13.6. The summed E-state index contributed by atoms with van der Waals surface area (Å²) in [6.07, 6.45) is 5.91. The lowest BCUT2D eigenvalue weighted by atomic mass is 9.82. The molecule has 3 aliphatic rings. The molecule has 45 heavy (non-hydrogen) atoms. The summed E-state index contributed by atoms with van der Waals surface area (Å²) in [5, 5.41) is 4.71. The molecule has 7 nitrogen and oxygen atoms in total. The number of likely N-dealkylation sites (N-methyl/N-ethyl adjacent to an activating group) is 1. The summed E-state index contributed by atoms with van der Waals surface area (Å²) in [5.41, 5.74) is 0.388. The number of morpholine rings is 1. The predicted octanol–water partition coefficient (Wildman–Crippen LogP) is 6.90. The van der Waals surface area contributed by atoms with E-state index in [2.05, 4.69) is 15.1 Å². The normalized spacial score (nSPS) is 22.2. The number of nitrogens with one attached hydrogen (secondary N) is 1. The summed E-state index contributed by atoms with van der Waals surface area (Å²) in [4.78, 5) is 33.4. The van der Waals surface area contributed by atoms with Crippen LogP contribution in [0.1, 0.15) is 49.7 Å². The zero-order valence-electron chi connectivity index (χ0n) is 25.5. The van der Waals surface area contributed by atoms with Gasteiger partial charge < -0.3 is 19.9 Å². The van der Waals surface area contributed by atoms with Crippen LogP contribution in [0.3, 0.4) is 0 Å². The third-order valence-corrected chi connectivity index (χ3v) is 11.1. The molecule has 1 unspecified atom stereocenters. The average Bonchev–Trinajstić information content (AvgIpc) is 3.04. The molecular weight excluding hydrogens is 701 g/mol. The number of hydrogen-bond acceptors (Lipinski definition) is 5. The number of likely N-dealkylation sites (tertiary alicyclic amines) is 2. The van der Waals surface area contributed by atoms with E-state index in [9.17, 15) is 9.59 Å². The van der Waals surface area contributed by atoms with Crippen LogP contribution in [0.4, 0.5) is 0 Å². The number of rotatable bonds is 8. The standard InChI is InChI=1S/C32H40Cl4N4O3.2ClH/c1-37-30(42)31(40-13-3-2-4-14-40)10-15-38(16-11-31)17-12-32(24-8-9-25(33)27(35)21-24)22-39(18-19-43-32)28(41)20-23-6-5-7-26(34)29(23)36;;/h5-9,21H,2-4,10-20,22H2,1H3,(H,37,42);2*1H. The molecule has 0 aromatic heterocycles. The minimum atomic E-state index is -0.761. The van der Waals surface area contributed by atoms with Gasteiger partial charge in [0.15, 0.2) is 0 Å². The monoisotopic (exact) mass is 740 g/mol. The van der Waals surface area contributed by atoms with Gasteiger partial charge in [0.2, 0.25) is 11.8 Å². The summed E-state index contributed by atoms with van der Waals surface area (Å²) in [6, 6.07) is 10.9. The fraction of sp³-hybridized carbons (Fsp3) is 0.562. The van der Waals surface area contributed by atoms with Gasteiger partial charge >= 0.3 is 0 Å². The predicted molar refractivity (Wildman–Crippen MR) is 188 cm³/mol. The molecule has 0 aliphatic carbocycles. The molecule has 2 amide bonds. The lowest BCUT2D eigenvalue weighted by Gasteiger charge is -2.49. The van der Waals surface area contributed by atoms with E-state index in [1.807, 2.05) is 23.1 Å². The van der Waals surface area contributed by atoms with Crippen molar-refractivity contribution in [3.63, 3.8) is 0 Å². The van der Waals surface area contributed by atoms with E-state index in [0.717, 1.165) is 64.0 Å². The average molecular weight is 743 g/mol. The van der Waals surface area contributed by atoms with E-state index < -0.39 is 11.1 Å². The van der Waals surface area contributed by atoms with Crippen LogP contribution in [0.25, 0.3) is 0 Å². The van der Waals surface area contributed by atoms with Crippen molar-refractivity contribution in [2.75, 3.05) is 59.5 Å². The zero-order chi connectivity index (χ0) is 30.6. The van der Waals surface area contributed by atoms with Gasteiger partial charge in [-0.25, -0.2) is 0 Å². The van der Waals surface area contributed by atoms with Gasteiger partial charge in [0.25, 0.3) is 0 Å². The van der Waals surface area contributed by atoms with Gasteiger partial charge in [-0.15, -0.1) is 24.8 Å². The molecule has 1 N–H and O–H groups in total. The van der Waals surface area contributed by atoms with E-state index in [4.69, 9.17) is 51.1 Å². The lowest BCUT2D eigenvalue weighted by molar-refractivity contribution is -0.155. The number of nitrogens with zero attached hydrogens (tertiary/aromatic N) is 3. The summed E-state index contributed by atoms with van der Waals surface area (Å²) in [7, 11) is 1.75. The maximum absolute atomic E-state index is 13.6. The molecule has 2 aromatic carbocycles. The van der Waals surface area contributed by atoms with Crippen LogP contribution in [0, 0.1) is 0 Å². The quantitative estimate of drug-likeness (QED) is 0.319. The van der Waals surface area contributed by atoms with Crippen molar-refractivity contribution < 1.29 is 14.3 Å². The molecule has 0 bridgehead atoms. The first-order chi connectivity index (χ1) is 20.7. The number of benzene rings is 2. The van der Waals surface area contributed by atoms with E-state index in [1.54, 1.807) is 25.2 Å². The first-order valence-electron chi connectivity index (χ1n) is 15.2. The van der Waals surface area contributed by atoms with Gasteiger partial charge in [0.05, 0.1) is 39.7 Å². The molecular formula is C32H42Cl6N4O3. The highest BCUT2D eigenvalue weighted by Crippen LogP contribution is 2.38. The smallest absolute Gasteiger partial charge is 0.240 e. The summed E-state index contributed by atoms with van der Waals surface area (Å²) >= 11 is 25.4. The van der Waals surface area contributed by atoms with Gasteiger partial charge in [0.1, 0.15) is 11.1 Å². The first kappa shape index (κ1) is 38.4. The number of amides is 2. The Hall–Kier alpha value is -1.000. The number of piperidine rings is 2. The second-order valence-electron chi connectivity index (χ2n) is 11.9. The van der Waals surface area contributed by atoms with Crippen molar-refractivity contribution in [3.8, 4) is 0 Å². The van der Waals surface area contributed by atoms with Crippen LogP contribution in [-0.4, -0.2) is 91.5 Å². The van der Waals surface area contributed by atoms with Crippen molar-refractivity contribution >= 4 is 83.0 Å². The molecule has 2 aromatic rings. The van der Waals surface area contributed by atoms with Gasteiger partial charge in [-0.05, 0) is 74.5 Å². The molecule has 3 aliphatic heterocycles. The van der Waals surface area contributed by atoms with Gasteiger partial charge in [-0.2, -0.15) is 0 Å². The van der Waals surface area contributed by atoms with E-state index in [0.29, 0.717) is 51.8 Å². The summed E-state index contributed by atoms with van der Waals surface area (Å²) in [5.74, 6) is 0.0951. The van der Waals surface area contributed by atoms with Crippen molar-refractivity contribution in [2.45, 2.75) is 56.1 Å². The van der Waals surface area contributed by atoms with Gasteiger partial charge in [-0.3, -0.25) is 14.5 Å². The number of carbonyl (C=O) groups is 2. The number of halogens is 6. The number of ether oxygens (including phenoxy) is 1. The number of hydrogen-bond donors (Lipinski definition) is 1. The Labute approximate surface area is 299 Å². The fourth-order valence-electron chi connectivity index (χ4n) is 6.93. The van der Waals surface area contributed by atoms with Crippen molar-refractivity contribution in [2.24, 2.45) is 0 Å². The molecule has 0 saturated carbocycles. The Kier molecular flexibility index (Phi) is 14.4. The Bertz CT molecular complexity index is 1320. The molecule has 3 saturated heterocycles. The van der Waals surface area contributed by atoms with E-state index in [-0.39, 0.29) is 43.0 Å². The topological polar surface area (TPSA) is 65.1 Å². The molecule has 1 atom stereocenters.